The topological polar surface area (TPSA) is 54.9 Å². The van der Waals surface area contributed by atoms with Crippen molar-refractivity contribution in [2.45, 2.75) is 11.9 Å². The summed E-state index contributed by atoms with van der Waals surface area (Å²) < 4.78 is 13.5. The number of carbonyl (C=O) groups is 1. The molecule has 0 unspecified atom stereocenters. The Hall–Kier alpha value is -1.99. The van der Waals surface area contributed by atoms with Crippen LogP contribution in [-0.2, 0) is 4.79 Å². The highest BCUT2D eigenvalue weighted by molar-refractivity contribution is 8.00. The highest BCUT2D eigenvalue weighted by atomic mass is 32.2. The molecule has 0 aliphatic rings. The molecule has 1 amide bonds. The van der Waals surface area contributed by atoms with Crippen LogP contribution in [0.15, 0.2) is 41.7 Å². The Morgan fingerprint density at radius 3 is 3.00 bits per heavy atom. The normalized spacial score (nSPS) is 10.8. The predicted octanol–water partition coefficient (Wildman–Crippen LogP) is 3.87. The molecule has 22 heavy (non-hydrogen) atoms. The highest BCUT2D eigenvalue weighted by Crippen LogP contribution is 2.30. The Morgan fingerprint density at radius 2 is 2.18 bits per heavy atom. The molecule has 2 aromatic heterocycles. The number of anilines is 1. The molecule has 3 aromatic rings. The summed E-state index contributed by atoms with van der Waals surface area (Å²) >= 11 is 2.91. The van der Waals surface area contributed by atoms with Crippen LogP contribution in [0.5, 0.6) is 0 Å². The molecule has 0 atom stereocenters. The van der Waals surface area contributed by atoms with Gasteiger partial charge in [-0.2, -0.15) is 0 Å². The van der Waals surface area contributed by atoms with Gasteiger partial charge in [0.2, 0.25) is 5.91 Å². The lowest BCUT2D eigenvalue weighted by Crippen LogP contribution is -2.15. The number of hydrogen-bond acceptors (Lipinski definition) is 5. The first-order valence-electron chi connectivity index (χ1n) is 6.52. The van der Waals surface area contributed by atoms with Crippen LogP contribution in [0.4, 0.5) is 10.1 Å². The lowest BCUT2D eigenvalue weighted by molar-refractivity contribution is -0.113. The number of nitrogens with one attached hydrogen (secondary N) is 1. The fourth-order valence-electron chi connectivity index (χ4n) is 1.95. The molecule has 0 aliphatic heterocycles. The third-order valence-corrected chi connectivity index (χ3v) is 4.87. The van der Waals surface area contributed by atoms with E-state index in [0.717, 1.165) is 20.1 Å². The van der Waals surface area contributed by atoms with Gasteiger partial charge >= 0.3 is 0 Å². The molecular weight excluding hydrogens is 321 g/mol. The predicted molar refractivity (Wildman–Crippen MR) is 87.9 cm³/mol. The number of hydrogen-bond donors (Lipinski definition) is 1. The van der Waals surface area contributed by atoms with Crippen molar-refractivity contribution in [2.24, 2.45) is 0 Å². The minimum absolute atomic E-state index is 0.162. The summed E-state index contributed by atoms with van der Waals surface area (Å²) in [4.78, 5) is 22.4. The molecule has 1 aromatic carbocycles. The summed E-state index contributed by atoms with van der Waals surface area (Å²) in [7, 11) is 0. The maximum Gasteiger partial charge on any atom is 0.234 e. The van der Waals surface area contributed by atoms with Crippen molar-refractivity contribution in [1.82, 2.24) is 9.97 Å². The van der Waals surface area contributed by atoms with Crippen LogP contribution in [0.3, 0.4) is 0 Å². The van der Waals surface area contributed by atoms with Crippen molar-refractivity contribution < 1.29 is 9.18 Å². The van der Waals surface area contributed by atoms with Gasteiger partial charge in [0.1, 0.15) is 22.0 Å². The van der Waals surface area contributed by atoms with E-state index in [1.165, 1.54) is 30.2 Å². The van der Waals surface area contributed by atoms with E-state index in [2.05, 4.69) is 15.3 Å². The molecule has 0 radical (unpaired) electrons. The number of aryl methyl sites for hydroxylation is 1. The van der Waals surface area contributed by atoms with E-state index < -0.39 is 5.82 Å². The molecular formula is C15H12FN3OS2. The van der Waals surface area contributed by atoms with Crippen molar-refractivity contribution in [2.75, 3.05) is 11.1 Å². The number of aromatic nitrogens is 2. The first-order chi connectivity index (χ1) is 10.6. The summed E-state index contributed by atoms with van der Waals surface area (Å²) in [6, 6.07) is 8.11. The zero-order valence-corrected chi connectivity index (χ0v) is 13.3. The van der Waals surface area contributed by atoms with Gasteiger partial charge in [-0.3, -0.25) is 4.79 Å². The van der Waals surface area contributed by atoms with Gasteiger partial charge in [0.15, 0.2) is 0 Å². The van der Waals surface area contributed by atoms with Crippen molar-refractivity contribution in [1.29, 1.82) is 0 Å². The average molecular weight is 333 g/mol. The Labute approximate surface area is 134 Å². The van der Waals surface area contributed by atoms with Gasteiger partial charge in [-0.05, 0) is 25.1 Å². The number of rotatable bonds is 4. The third kappa shape index (κ3) is 3.26. The summed E-state index contributed by atoms with van der Waals surface area (Å²) in [5.74, 6) is -0.553. The second-order valence-corrected chi connectivity index (χ2v) is 6.77. The van der Waals surface area contributed by atoms with Crippen LogP contribution in [0, 0.1) is 12.7 Å². The van der Waals surface area contributed by atoms with Crippen LogP contribution in [0.25, 0.3) is 10.2 Å². The van der Waals surface area contributed by atoms with Crippen LogP contribution >= 0.6 is 23.1 Å². The van der Waals surface area contributed by atoms with E-state index in [1.54, 1.807) is 23.5 Å². The number of carbonyl (C=O) groups excluding carboxylic acids is 1. The number of fused-ring (bicyclic) bond motifs is 1. The molecule has 3 rings (SSSR count). The number of benzene rings is 1. The molecule has 0 fully saturated rings. The number of amides is 1. The van der Waals surface area contributed by atoms with Gasteiger partial charge in [0.05, 0.1) is 11.4 Å². The van der Waals surface area contributed by atoms with E-state index >= 15 is 0 Å². The Balaban J connectivity index is 1.69. The van der Waals surface area contributed by atoms with E-state index in [-0.39, 0.29) is 17.3 Å². The van der Waals surface area contributed by atoms with Crippen LogP contribution in [-0.4, -0.2) is 21.6 Å². The highest BCUT2D eigenvalue weighted by Gasteiger charge is 2.11. The molecule has 0 saturated heterocycles. The Kier molecular flexibility index (Phi) is 4.35. The van der Waals surface area contributed by atoms with E-state index in [0.29, 0.717) is 0 Å². The molecule has 4 nitrogen and oxygen atoms in total. The van der Waals surface area contributed by atoms with E-state index in [4.69, 9.17) is 0 Å². The standard InChI is InChI=1S/C15H12FN3OS2/c1-9-6-10-14(17-8-18-15(10)22-9)21-7-13(20)19-12-5-3-2-4-11(12)16/h2-6,8H,7H2,1H3,(H,19,20). The maximum atomic E-state index is 13.5. The second-order valence-electron chi connectivity index (χ2n) is 4.57. The van der Waals surface area contributed by atoms with Crippen molar-refractivity contribution in [3.05, 3.63) is 47.4 Å². The second kappa shape index (κ2) is 6.41. The molecule has 0 aliphatic carbocycles. The number of thiophene rings is 1. The zero-order valence-electron chi connectivity index (χ0n) is 11.7. The van der Waals surface area contributed by atoms with E-state index in [1.807, 2.05) is 13.0 Å². The lowest BCUT2D eigenvalue weighted by Gasteiger charge is -2.06. The van der Waals surface area contributed by atoms with E-state index in [9.17, 15) is 9.18 Å². The molecule has 0 spiro atoms. The number of thioether (sulfide) groups is 1. The van der Waals surface area contributed by atoms with Gasteiger partial charge in [-0.25, -0.2) is 14.4 Å². The SMILES string of the molecule is Cc1cc2c(SCC(=O)Nc3ccccc3F)ncnc2s1. The quantitative estimate of drug-likeness (QED) is 0.582. The van der Waals surface area contributed by atoms with Crippen LogP contribution in [0.2, 0.25) is 0 Å². The average Bonchev–Trinajstić information content (AvgIpc) is 2.88. The first-order valence-corrected chi connectivity index (χ1v) is 8.32. The first kappa shape index (κ1) is 14.9. The van der Waals surface area contributed by atoms with Gasteiger partial charge in [0, 0.05) is 10.3 Å². The number of nitrogens with zero attached hydrogens (tertiary/aromatic N) is 2. The van der Waals surface area contributed by atoms with Crippen LogP contribution < -0.4 is 5.32 Å². The summed E-state index contributed by atoms with van der Waals surface area (Å²) in [5.41, 5.74) is 0.187. The molecule has 2 heterocycles. The van der Waals surface area contributed by atoms with Crippen molar-refractivity contribution >= 4 is 44.9 Å². The Bertz CT molecular complexity index is 835. The van der Waals surface area contributed by atoms with Gasteiger partial charge in [0.25, 0.3) is 0 Å². The van der Waals surface area contributed by atoms with Gasteiger partial charge in [-0.1, -0.05) is 23.9 Å². The van der Waals surface area contributed by atoms with Gasteiger partial charge < -0.3 is 5.32 Å². The minimum Gasteiger partial charge on any atom is -0.323 e. The molecule has 7 heteroatoms. The monoisotopic (exact) mass is 333 g/mol. The smallest absolute Gasteiger partial charge is 0.234 e. The largest absolute Gasteiger partial charge is 0.323 e. The maximum absolute atomic E-state index is 13.5. The zero-order chi connectivity index (χ0) is 15.5. The molecule has 112 valence electrons. The summed E-state index contributed by atoms with van der Waals surface area (Å²) in [5, 5.41) is 4.27. The summed E-state index contributed by atoms with van der Waals surface area (Å²) in [6.07, 6.45) is 1.50. The Morgan fingerprint density at radius 1 is 1.36 bits per heavy atom. The fraction of sp³-hybridized carbons (Fsp3) is 0.133. The molecule has 0 bridgehead atoms. The van der Waals surface area contributed by atoms with Crippen molar-refractivity contribution in [3.8, 4) is 0 Å². The van der Waals surface area contributed by atoms with Crippen molar-refractivity contribution in [3.63, 3.8) is 0 Å². The van der Waals surface area contributed by atoms with Crippen LogP contribution in [0.1, 0.15) is 4.88 Å². The fourth-order valence-corrected chi connectivity index (χ4v) is 3.64. The minimum atomic E-state index is -0.446. The third-order valence-electron chi connectivity index (χ3n) is 2.90. The number of para-hydroxylation sites is 1. The molecule has 1 N–H and O–H groups in total. The summed E-state index contributed by atoms with van der Waals surface area (Å²) in [6.45, 7) is 2.01. The van der Waals surface area contributed by atoms with Gasteiger partial charge in [-0.15, -0.1) is 11.3 Å². The number of halogens is 1. The lowest BCUT2D eigenvalue weighted by atomic mass is 10.3. The molecule has 0 saturated carbocycles.